The fourth-order valence-corrected chi connectivity index (χ4v) is 2.69. The molecule has 1 fully saturated rings. The number of carbonyl (C=O) groups is 1. The lowest BCUT2D eigenvalue weighted by molar-refractivity contribution is 0.0142. The van der Waals surface area contributed by atoms with Crippen LogP contribution in [0.15, 0.2) is 24.3 Å². The summed E-state index contributed by atoms with van der Waals surface area (Å²) in [7, 11) is -1.46. The van der Waals surface area contributed by atoms with Crippen molar-refractivity contribution in [1.82, 2.24) is 9.80 Å². The van der Waals surface area contributed by atoms with Crippen LogP contribution in [0, 0.1) is 0 Å². The number of hydrogen-bond acceptors (Lipinski definition) is 6. The Hall–Kier alpha value is -1.77. The van der Waals surface area contributed by atoms with E-state index in [4.69, 9.17) is 19.5 Å². The Morgan fingerprint density at radius 1 is 1.12 bits per heavy atom. The monoisotopic (exact) mass is 364 g/mol. The fourth-order valence-electron chi connectivity index (χ4n) is 2.69. The first-order chi connectivity index (χ1) is 12.2. The van der Waals surface area contributed by atoms with Crippen molar-refractivity contribution < 1.29 is 24.3 Å². The SMILES string of the molecule is CC(C)(C)OC(=O)N1CCN(CCCOc2ccc(B(O)O)cc2)CC1. The highest BCUT2D eigenvalue weighted by Gasteiger charge is 2.25. The van der Waals surface area contributed by atoms with Crippen molar-refractivity contribution in [2.24, 2.45) is 0 Å². The summed E-state index contributed by atoms with van der Waals surface area (Å²) < 4.78 is 11.1. The average molecular weight is 364 g/mol. The van der Waals surface area contributed by atoms with Crippen molar-refractivity contribution in [3.8, 4) is 5.75 Å². The maximum absolute atomic E-state index is 12.0. The maximum atomic E-state index is 12.0. The Bertz CT molecular complexity index is 566. The molecule has 0 radical (unpaired) electrons. The number of amides is 1. The van der Waals surface area contributed by atoms with Gasteiger partial charge in [0.25, 0.3) is 0 Å². The van der Waals surface area contributed by atoms with E-state index < -0.39 is 12.7 Å². The van der Waals surface area contributed by atoms with E-state index in [-0.39, 0.29) is 6.09 Å². The summed E-state index contributed by atoms with van der Waals surface area (Å²) in [4.78, 5) is 16.1. The van der Waals surface area contributed by atoms with Crippen LogP contribution in [0.2, 0.25) is 0 Å². The van der Waals surface area contributed by atoms with Gasteiger partial charge in [0.15, 0.2) is 0 Å². The molecule has 0 aromatic heterocycles. The molecular formula is C18H29BN2O5. The Labute approximate surface area is 155 Å². The van der Waals surface area contributed by atoms with Gasteiger partial charge in [0.1, 0.15) is 11.4 Å². The standard InChI is InChI=1S/C18H29BN2O5/c1-18(2,3)26-17(22)21-12-10-20(11-13-21)9-4-14-25-16-7-5-15(6-8-16)19(23)24/h5-8,23-24H,4,9-14H2,1-3H3. The van der Waals surface area contributed by atoms with Crippen LogP contribution in [-0.2, 0) is 4.74 Å². The highest BCUT2D eigenvalue weighted by molar-refractivity contribution is 6.58. The van der Waals surface area contributed by atoms with Crippen LogP contribution in [0.25, 0.3) is 0 Å². The minimum atomic E-state index is -1.46. The van der Waals surface area contributed by atoms with Crippen molar-refractivity contribution in [1.29, 1.82) is 0 Å². The number of hydrogen-bond donors (Lipinski definition) is 2. The quantitative estimate of drug-likeness (QED) is 0.571. The van der Waals surface area contributed by atoms with Gasteiger partial charge in [-0.15, -0.1) is 0 Å². The molecule has 1 heterocycles. The summed E-state index contributed by atoms with van der Waals surface area (Å²) in [6.45, 7) is 10.2. The molecule has 144 valence electrons. The van der Waals surface area contributed by atoms with Crippen LogP contribution in [0.3, 0.4) is 0 Å². The average Bonchev–Trinajstić information content (AvgIpc) is 2.58. The van der Waals surface area contributed by atoms with Gasteiger partial charge < -0.3 is 24.4 Å². The van der Waals surface area contributed by atoms with Gasteiger partial charge in [0, 0.05) is 32.7 Å². The summed E-state index contributed by atoms with van der Waals surface area (Å²) >= 11 is 0. The third-order valence-corrected chi connectivity index (χ3v) is 4.09. The van der Waals surface area contributed by atoms with Gasteiger partial charge in [-0.2, -0.15) is 0 Å². The zero-order valence-corrected chi connectivity index (χ0v) is 15.9. The molecule has 0 aliphatic carbocycles. The van der Waals surface area contributed by atoms with E-state index in [1.165, 1.54) is 0 Å². The van der Waals surface area contributed by atoms with Gasteiger partial charge in [-0.3, -0.25) is 4.90 Å². The van der Waals surface area contributed by atoms with Crippen molar-refractivity contribution in [3.63, 3.8) is 0 Å². The van der Waals surface area contributed by atoms with E-state index in [9.17, 15) is 4.79 Å². The second-order valence-electron chi connectivity index (χ2n) is 7.45. The minimum absolute atomic E-state index is 0.239. The van der Waals surface area contributed by atoms with E-state index in [1.54, 1.807) is 29.2 Å². The van der Waals surface area contributed by atoms with Crippen LogP contribution < -0.4 is 10.2 Å². The topological polar surface area (TPSA) is 82.5 Å². The molecule has 1 aromatic rings. The van der Waals surface area contributed by atoms with Crippen molar-refractivity contribution >= 4 is 18.7 Å². The van der Waals surface area contributed by atoms with Gasteiger partial charge in [-0.1, -0.05) is 12.1 Å². The van der Waals surface area contributed by atoms with E-state index in [2.05, 4.69) is 4.90 Å². The molecule has 7 nitrogen and oxygen atoms in total. The molecule has 0 atom stereocenters. The molecule has 0 spiro atoms. The summed E-state index contributed by atoms with van der Waals surface area (Å²) in [5.74, 6) is 0.712. The van der Waals surface area contributed by atoms with E-state index in [1.807, 2.05) is 20.8 Å². The minimum Gasteiger partial charge on any atom is -0.494 e. The van der Waals surface area contributed by atoms with Crippen molar-refractivity contribution in [3.05, 3.63) is 24.3 Å². The molecule has 1 amide bonds. The predicted molar refractivity (Wildman–Crippen MR) is 101 cm³/mol. The first kappa shape index (κ1) is 20.5. The first-order valence-corrected chi connectivity index (χ1v) is 9.04. The van der Waals surface area contributed by atoms with Crippen molar-refractivity contribution in [2.45, 2.75) is 32.8 Å². The first-order valence-electron chi connectivity index (χ1n) is 9.04. The van der Waals surface area contributed by atoms with Crippen molar-refractivity contribution in [2.75, 3.05) is 39.3 Å². The molecule has 2 N–H and O–H groups in total. The zero-order valence-electron chi connectivity index (χ0n) is 15.9. The summed E-state index contributed by atoms with van der Waals surface area (Å²) in [6.07, 6.45) is 0.647. The zero-order chi connectivity index (χ0) is 19.2. The summed E-state index contributed by atoms with van der Waals surface area (Å²) in [6, 6.07) is 6.73. The number of carbonyl (C=O) groups excluding carboxylic acids is 1. The molecule has 0 unspecified atom stereocenters. The highest BCUT2D eigenvalue weighted by Crippen LogP contribution is 2.12. The molecule has 0 bridgehead atoms. The molecule has 0 saturated carbocycles. The van der Waals surface area contributed by atoms with Crippen LogP contribution >= 0.6 is 0 Å². The fraction of sp³-hybridized carbons (Fsp3) is 0.611. The molecule has 1 aromatic carbocycles. The Morgan fingerprint density at radius 3 is 2.27 bits per heavy atom. The molecule has 1 saturated heterocycles. The van der Waals surface area contributed by atoms with E-state index in [0.717, 1.165) is 26.1 Å². The number of ether oxygens (including phenoxy) is 2. The van der Waals surface area contributed by atoms with Gasteiger partial charge in [0.05, 0.1) is 6.61 Å². The maximum Gasteiger partial charge on any atom is 0.488 e. The highest BCUT2D eigenvalue weighted by atomic mass is 16.6. The predicted octanol–water partition coefficient (Wildman–Crippen LogP) is 0.688. The third kappa shape index (κ3) is 6.86. The van der Waals surface area contributed by atoms with Crippen LogP contribution in [-0.4, -0.2) is 78.0 Å². The number of piperazine rings is 1. The Morgan fingerprint density at radius 2 is 1.73 bits per heavy atom. The lowest BCUT2D eigenvalue weighted by atomic mass is 9.80. The van der Waals surface area contributed by atoms with Crippen LogP contribution in [0.5, 0.6) is 5.75 Å². The van der Waals surface area contributed by atoms with E-state index in [0.29, 0.717) is 30.9 Å². The normalized spacial score (nSPS) is 15.7. The van der Waals surface area contributed by atoms with Crippen LogP contribution in [0.1, 0.15) is 27.2 Å². The van der Waals surface area contributed by atoms with Gasteiger partial charge >= 0.3 is 13.2 Å². The molecule has 1 aliphatic heterocycles. The second kappa shape index (κ2) is 9.25. The summed E-state index contributed by atoms with van der Waals surface area (Å²) in [5, 5.41) is 18.1. The van der Waals surface area contributed by atoms with Crippen LogP contribution in [0.4, 0.5) is 4.79 Å². The molecule has 8 heteroatoms. The summed E-state index contributed by atoms with van der Waals surface area (Å²) in [5.41, 5.74) is -0.0147. The molecule has 26 heavy (non-hydrogen) atoms. The number of benzene rings is 1. The van der Waals surface area contributed by atoms with Gasteiger partial charge in [-0.25, -0.2) is 4.79 Å². The second-order valence-corrected chi connectivity index (χ2v) is 7.45. The lowest BCUT2D eigenvalue weighted by Gasteiger charge is -2.35. The molecule has 1 aliphatic rings. The molecule has 2 rings (SSSR count). The van der Waals surface area contributed by atoms with E-state index >= 15 is 0 Å². The third-order valence-electron chi connectivity index (χ3n) is 4.09. The van der Waals surface area contributed by atoms with Gasteiger partial charge in [0.2, 0.25) is 0 Å². The Balaban J connectivity index is 1.62. The Kier molecular flexibility index (Phi) is 7.31. The smallest absolute Gasteiger partial charge is 0.488 e. The lowest BCUT2D eigenvalue weighted by Crippen LogP contribution is -2.50. The largest absolute Gasteiger partial charge is 0.494 e. The van der Waals surface area contributed by atoms with Gasteiger partial charge in [-0.05, 0) is 44.8 Å². The molecular weight excluding hydrogens is 335 g/mol. The number of nitrogens with zero attached hydrogens (tertiary/aromatic N) is 2. The number of rotatable bonds is 6.